The summed E-state index contributed by atoms with van der Waals surface area (Å²) in [5.41, 5.74) is 18.4. The van der Waals surface area contributed by atoms with Gasteiger partial charge in [0.05, 0.1) is 22.4 Å². The smallest absolute Gasteiger partial charge is 0.0547 e. The van der Waals surface area contributed by atoms with Gasteiger partial charge in [0.15, 0.2) is 0 Å². The topological polar surface area (TPSA) is 8.17 Å². The van der Waals surface area contributed by atoms with E-state index in [1.807, 2.05) is 0 Å². The van der Waals surface area contributed by atoms with E-state index in [1.54, 1.807) is 0 Å². The predicted octanol–water partition coefficient (Wildman–Crippen LogP) is 17.7. The van der Waals surface area contributed by atoms with Crippen LogP contribution in [0.15, 0.2) is 267 Å². The van der Waals surface area contributed by atoms with Gasteiger partial charge in [0.1, 0.15) is 0 Å². The molecule has 0 aliphatic carbocycles. The Kier molecular flexibility index (Phi) is 9.89. The summed E-state index contributed by atoms with van der Waals surface area (Å²) in [5, 5.41) is 4.97. The summed E-state index contributed by atoms with van der Waals surface area (Å²) in [4.78, 5) is 2.44. The van der Waals surface area contributed by atoms with Gasteiger partial charge in [-0.05, 0) is 116 Å². The molecule has 0 fully saturated rings. The van der Waals surface area contributed by atoms with Gasteiger partial charge in [-0.15, -0.1) is 0 Å². The summed E-state index contributed by atoms with van der Waals surface area (Å²) in [6.07, 6.45) is 0. The van der Waals surface area contributed by atoms with Crippen molar-refractivity contribution in [1.29, 1.82) is 0 Å². The summed E-state index contributed by atoms with van der Waals surface area (Å²) >= 11 is 0. The van der Waals surface area contributed by atoms with E-state index in [4.69, 9.17) is 0 Å². The minimum absolute atomic E-state index is 1.07. The molecule has 0 atom stereocenters. The van der Waals surface area contributed by atoms with Crippen molar-refractivity contribution in [1.82, 2.24) is 4.57 Å². The largest absolute Gasteiger partial charge is 0.310 e. The van der Waals surface area contributed by atoms with Gasteiger partial charge in [0, 0.05) is 33.3 Å². The molecule has 66 heavy (non-hydrogen) atoms. The van der Waals surface area contributed by atoms with Crippen LogP contribution >= 0.6 is 0 Å². The first kappa shape index (κ1) is 38.9. The minimum Gasteiger partial charge on any atom is -0.310 e. The quantitative estimate of drug-likeness (QED) is 0.141. The van der Waals surface area contributed by atoms with Crippen LogP contribution in [0.25, 0.3) is 93.9 Å². The Balaban J connectivity index is 1.08. The molecule has 0 saturated heterocycles. The highest BCUT2D eigenvalue weighted by Gasteiger charge is 2.22. The van der Waals surface area contributed by atoms with Crippen molar-refractivity contribution in [3.8, 4) is 61.3 Å². The van der Waals surface area contributed by atoms with Crippen molar-refractivity contribution in [2.24, 2.45) is 0 Å². The van der Waals surface area contributed by atoms with Gasteiger partial charge in [0.2, 0.25) is 0 Å². The fourth-order valence-corrected chi connectivity index (χ4v) is 9.83. The molecule has 0 spiro atoms. The van der Waals surface area contributed by atoms with Crippen LogP contribution < -0.4 is 4.90 Å². The highest BCUT2D eigenvalue weighted by atomic mass is 15.1. The number of fused-ring (bicyclic) bond motifs is 4. The van der Waals surface area contributed by atoms with Crippen LogP contribution in [0.4, 0.5) is 17.1 Å². The van der Waals surface area contributed by atoms with E-state index in [0.29, 0.717) is 0 Å². The summed E-state index contributed by atoms with van der Waals surface area (Å²) in [5.74, 6) is 0. The Morgan fingerprint density at radius 2 is 0.773 bits per heavy atom. The number of hydrogen-bond acceptors (Lipinski definition) is 1. The molecule has 11 aromatic carbocycles. The average molecular weight is 841 g/mol. The molecule has 0 amide bonds. The summed E-state index contributed by atoms with van der Waals surface area (Å²) < 4.78 is 2.46. The van der Waals surface area contributed by atoms with Crippen molar-refractivity contribution in [2.45, 2.75) is 0 Å². The standard InChI is InChI=1S/C64H44N2/c1-5-19-45(20-6-1)46-33-36-53(37-34-46)65(54-38-39-55(47-21-7-2-8-22-47)58(44-54)48-23-9-3-10-24-48)63-40-35-52(42-59(63)49-25-11-4-12-26-49)56-29-15-17-31-61(56)66-62-32-18-16-30-57(62)60-41-50-27-13-14-28-51(50)43-64(60)66/h1-44H. The third kappa shape index (κ3) is 7.02. The molecule has 12 aromatic rings. The van der Waals surface area contributed by atoms with Gasteiger partial charge in [0.25, 0.3) is 0 Å². The molecular formula is C64H44N2. The number of hydrogen-bond donors (Lipinski definition) is 0. The maximum absolute atomic E-state index is 2.46. The second-order valence-corrected chi connectivity index (χ2v) is 16.9. The van der Waals surface area contributed by atoms with Gasteiger partial charge < -0.3 is 9.47 Å². The minimum atomic E-state index is 1.07. The first-order valence-corrected chi connectivity index (χ1v) is 22.7. The van der Waals surface area contributed by atoms with Crippen LogP contribution in [0.1, 0.15) is 0 Å². The number of benzene rings is 11. The first-order chi connectivity index (χ1) is 32.7. The molecule has 310 valence electrons. The molecule has 0 unspecified atom stereocenters. The lowest BCUT2D eigenvalue weighted by Crippen LogP contribution is -2.12. The Hall–Kier alpha value is -8.72. The molecule has 0 N–H and O–H groups in total. The van der Waals surface area contributed by atoms with Crippen LogP contribution in [-0.4, -0.2) is 4.57 Å². The zero-order valence-corrected chi connectivity index (χ0v) is 36.3. The predicted molar refractivity (Wildman–Crippen MR) is 280 cm³/mol. The number of anilines is 3. The zero-order valence-electron chi connectivity index (χ0n) is 36.3. The van der Waals surface area contributed by atoms with Crippen LogP contribution in [0.5, 0.6) is 0 Å². The summed E-state index contributed by atoms with van der Waals surface area (Å²) in [6, 6.07) is 97.0. The molecule has 0 radical (unpaired) electrons. The van der Waals surface area contributed by atoms with Crippen LogP contribution in [0.2, 0.25) is 0 Å². The van der Waals surface area contributed by atoms with Crippen LogP contribution in [0.3, 0.4) is 0 Å². The van der Waals surface area contributed by atoms with E-state index in [1.165, 1.54) is 66.0 Å². The lowest BCUT2D eigenvalue weighted by Gasteiger charge is -2.29. The van der Waals surface area contributed by atoms with E-state index in [2.05, 4.69) is 276 Å². The Morgan fingerprint density at radius 3 is 1.47 bits per heavy atom. The monoisotopic (exact) mass is 840 g/mol. The van der Waals surface area contributed by atoms with Crippen molar-refractivity contribution < 1.29 is 0 Å². The highest BCUT2D eigenvalue weighted by Crippen LogP contribution is 2.46. The second-order valence-electron chi connectivity index (χ2n) is 16.9. The molecule has 2 heteroatoms. The Morgan fingerprint density at radius 1 is 0.258 bits per heavy atom. The number of nitrogens with zero attached hydrogens (tertiary/aromatic N) is 2. The normalized spacial score (nSPS) is 11.3. The molecule has 2 nitrogen and oxygen atoms in total. The molecule has 0 aliphatic heterocycles. The third-order valence-corrected chi connectivity index (χ3v) is 13.0. The second kappa shape index (κ2) is 16.8. The van der Waals surface area contributed by atoms with E-state index >= 15 is 0 Å². The SMILES string of the molecule is c1ccc(-c2ccc(N(c3ccc(-c4ccccc4)c(-c4ccccc4)c3)c3ccc(-c4ccccc4-n4c5ccccc5c5cc6ccccc6cc54)cc3-c3ccccc3)cc2)cc1. The molecule has 1 heterocycles. The van der Waals surface area contributed by atoms with E-state index in [0.717, 1.165) is 45.0 Å². The van der Waals surface area contributed by atoms with Crippen molar-refractivity contribution in [3.05, 3.63) is 267 Å². The van der Waals surface area contributed by atoms with Gasteiger partial charge in [-0.3, -0.25) is 0 Å². The lowest BCUT2D eigenvalue weighted by molar-refractivity contribution is 1.18. The van der Waals surface area contributed by atoms with Crippen LogP contribution in [0, 0.1) is 0 Å². The third-order valence-electron chi connectivity index (χ3n) is 13.0. The number of aromatic nitrogens is 1. The van der Waals surface area contributed by atoms with E-state index in [9.17, 15) is 0 Å². The number of para-hydroxylation sites is 2. The summed E-state index contributed by atoms with van der Waals surface area (Å²) in [6.45, 7) is 0. The van der Waals surface area contributed by atoms with Gasteiger partial charge in [-0.25, -0.2) is 0 Å². The number of rotatable bonds is 9. The molecule has 12 rings (SSSR count). The average Bonchev–Trinajstić information content (AvgIpc) is 3.72. The molecule has 1 aromatic heterocycles. The molecule has 0 aliphatic rings. The maximum atomic E-state index is 2.46. The maximum Gasteiger partial charge on any atom is 0.0547 e. The fraction of sp³-hybridized carbons (Fsp3) is 0. The highest BCUT2D eigenvalue weighted by molar-refractivity contribution is 6.14. The fourth-order valence-electron chi connectivity index (χ4n) is 9.83. The van der Waals surface area contributed by atoms with E-state index < -0.39 is 0 Å². The van der Waals surface area contributed by atoms with E-state index in [-0.39, 0.29) is 0 Å². The molecular weight excluding hydrogens is 797 g/mol. The molecule has 0 saturated carbocycles. The lowest BCUT2D eigenvalue weighted by atomic mass is 9.92. The van der Waals surface area contributed by atoms with Gasteiger partial charge in [-0.2, -0.15) is 0 Å². The Labute approximate surface area is 385 Å². The van der Waals surface area contributed by atoms with Crippen molar-refractivity contribution >= 4 is 49.6 Å². The summed E-state index contributed by atoms with van der Waals surface area (Å²) in [7, 11) is 0. The Bertz CT molecular complexity index is 3670. The molecule has 0 bridgehead atoms. The van der Waals surface area contributed by atoms with Gasteiger partial charge in [-0.1, -0.05) is 206 Å². The first-order valence-electron chi connectivity index (χ1n) is 22.7. The van der Waals surface area contributed by atoms with Crippen LogP contribution in [-0.2, 0) is 0 Å². The van der Waals surface area contributed by atoms with Gasteiger partial charge >= 0.3 is 0 Å². The van der Waals surface area contributed by atoms with Crippen molar-refractivity contribution in [2.75, 3.05) is 4.90 Å². The van der Waals surface area contributed by atoms with Crippen molar-refractivity contribution in [3.63, 3.8) is 0 Å². The zero-order chi connectivity index (χ0) is 43.8.